The third-order valence-electron chi connectivity index (χ3n) is 4.70. The molecule has 0 aliphatic carbocycles. The number of hydrogen-bond acceptors (Lipinski definition) is 5. The highest BCUT2D eigenvalue weighted by Crippen LogP contribution is 2.46. The van der Waals surface area contributed by atoms with E-state index >= 15 is 0 Å². The van der Waals surface area contributed by atoms with E-state index in [9.17, 15) is 9.90 Å². The van der Waals surface area contributed by atoms with Crippen molar-refractivity contribution in [2.24, 2.45) is 0 Å². The first-order chi connectivity index (χ1) is 12.3. The van der Waals surface area contributed by atoms with E-state index in [1.54, 1.807) is 30.5 Å². The lowest BCUT2D eigenvalue weighted by Gasteiger charge is -2.25. The maximum atomic E-state index is 11.6. The van der Waals surface area contributed by atoms with E-state index in [4.69, 9.17) is 49.0 Å². The molecule has 9 heteroatoms. The molecule has 1 N–H and O–H groups in total. The van der Waals surface area contributed by atoms with Crippen LogP contribution in [0.15, 0.2) is 12.1 Å². The molecule has 0 unspecified atom stereocenters. The smallest absolute Gasteiger partial charge is 0.164 e. The second kappa shape index (κ2) is 6.34. The van der Waals surface area contributed by atoms with Crippen LogP contribution in [0.5, 0.6) is 0 Å². The summed E-state index contributed by atoms with van der Waals surface area (Å²) in [5.41, 5.74) is 0.869. The molecule has 1 aromatic heterocycles. The number of fused-ring (bicyclic) bond motifs is 2. The standard InChI is InChI=1S/C17H16Cl3NO5/c1-17(2)25-13-12(6-23)24-16(14(13)26-17)21-11-4-10(19)9(18)3-7(11)8(5-22)15(21)20/h3-5,12-14,16,23H,6H2,1-2H3/t12-,13-,14-,16-/m1/s1. The quantitative estimate of drug-likeness (QED) is 0.764. The van der Waals surface area contributed by atoms with Crippen LogP contribution in [0.2, 0.25) is 15.2 Å². The molecule has 26 heavy (non-hydrogen) atoms. The number of aliphatic hydroxyl groups excluding tert-OH is 1. The number of rotatable bonds is 3. The Bertz CT molecular complexity index is 896. The molecule has 0 bridgehead atoms. The average molecular weight is 421 g/mol. The van der Waals surface area contributed by atoms with E-state index in [0.717, 1.165) is 0 Å². The summed E-state index contributed by atoms with van der Waals surface area (Å²) in [5, 5.41) is 11.0. The zero-order chi connectivity index (χ0) is 18.8. The van der Waals surface area contributed by atoms with Gasteiger partial charge in [0.15, 0.2) is 18.3 Å². The van der Waals surface area contributed by atoms with Crippen LogP contribution in [0.3, 0.4) is 0 Å². The third kappa shape index (κ3) is 2.67. The lowest BCUT2D eigenvalue weighted by Crippen LogP contribution is -2.31. The molecule has 0 saturated carbocycles. The predicted molar refractivity (Wildman–Crippen MR) is 97.2 cm³/mol. The highest BCUT2D eigenvalue weighted by molar-refractivity contribution is 6.43. The summed E-state index contributed by atoms with van der Waals surface area (Å²) in [4.78, 5) is 11.6. The second-order valence-electron chi connectivity index (χ2n) is 6.79. The molecular formula is C17H16Cl3NO5. The van der Waals surface area contributed by atoms with Crippen LogP contribution >= 0.6 is 34.8 Å². The molecule has 6 nitrogen and oxygen atoms in total. The van der Waals surface area contributed by atoms with Gasteiger partial charge in [-0.05, 0) is 26.0 Å². The fourth-order valence-corrected chi connectivity index (χ4v) is 4.33. The second-order valence-corrected chi connectivity index (χ2v) is 7.96. The van der Waals surface area contributed by atoms with Gasteiger partial charge in [-0.3, -0.25) is 4.79 Å². The van der Waals surface area contributed by atoms with Crippen molar-refractivity contribution in [3.8, 4) is 0 Å². The van der Waals surface area contributed by atoms with Gasteiger partial charge >= 0.3 is 0 Å². The minimum absolute atomic E-state index is 0.184. The molecule has 2 saturated heterocycles. The van der Waals surface area contributed by atoms with Crippen molar-refractivity contribution in [1.82, 2.24) is 4.57 Å². The van der Waals surface area contributed by atoms with E-state index in [-0.39, 0.29) is 17.3 Å². The number of halogens is 3. The summed E-state index contributed by atoms with van der Waals surface area (Å²) in [6.07, 6.45) is -1.58. The molecule has 4 atom stereocenters. The molecule has 1 aromatic carbocycles. The van der Waals surface area contributed by atoms with Gasteiger partial charge < -0.3 is 23.9 Å². The Labute approximate surface area is 164 Å². The Morgan fingerprint density at radius 1 is 1.19 bits per heavy atom. The van der Waals surface area contributed by atoms with Crippen molar-refractivity contribution in [2.45, 2.75) is 44.2 Å². The van der Waals surface area contributed by atoms with Crippen molar-refractivity contribution in [3.63, 3.8) is 0 Å². The first-order valence-corrected chi connectivity index (χ1v) is 9.16. The molecule has 0 spiro atoms. The molecule has 2 aliphatic rings. The molecule has 2 aliphatic heterocycles. The predicted octanol–water partition coefficient (Wildman–Crippen LogP) is 3.82. The summed E-state index contributed by atoms with van der Waals surface area (Å²) < 4.78 is 19.5. The molecule has 4 rings (SSSR count). The zero-order valence-corrected chi connectivity index (χ0v) is 16.2. The van der Waals surface area contributed by atoms with Crippen LogP contribution in [0, 0.1) is 0 Å². The number of nitrogens with zero attached hydrogens (tertiary/aromatic N) is 1. The van der Waals surface area contributed by atoms with Crippen LogP contribution in [-0.4, -0.2) is 46.7 Å². The molecule has 0 radical (unpaired) electrons. The van der Waals surface area contributed by atoms with Gasteiger partial charge in [-0.25, -0.2) is 0 Å². The summed E-state index contributed by atoms with van der Waals surface area (Å²) in [5.74, 6) is -0.825. The largest absolute Gasteiger partial charge is 0.394 e. The number of aldehydes is 1. The minimum Gasteiger partial charge on any atom is -0.394 e. The molecule has 2 fully saturated rings. The Morgan fingerprint density at radius 2 is 1.85 bits per heavy atom. The summed E-state index contributed by atoms with van der Waals surface area (Å²) in [6.45, 7) is 3.35. The van der Waals surface area contributed by atoms with Crippen LogP contribution < -0.4 is 0 Å². The Balaban J connectivity index is 1.90. The summed E-state index contributed by atoms with van der Waals surface area (Å²) >= 11 is 18.8. The normalized spacial score (nSPS) is 30.1. The van der Waals surface area contributed by atoms with E-state index < -0.39 is 30.3 Å². The first kappa shape index (κ1) is 18.5. The Kier molecular flexibility index (Phi) is 4.51. The van der Waals surface area contributed by atoms with Crippen LogP contribution in [0.25, 0.3) is 10.9 Å². The number of aliphatic hydroxyl groups is 1. The van der Waals surface area contributed by atoms with Gasteiger partial charge in [0.2, 0.25) is 0 Å². The number of hydrogen-bond donors (Lipinski definition) is 1. The maximum Gasteiger partial charge on any atom is 0.164 e. The third-order valence-corrected chi connectivity index (χ3v) is 5.81. The number of benzene rings is 1. The number of carbonyl (C=O) groups excluding carboxylic acids is 1. The number of carbonyl (C=O) groups is 1. The monoisotopic (exact) mass is 419 g/mol. The van der Waals surface area contributed by atoms with Crippen LogP contribution in [0.1, 0.15) is 30.4 Å². The highest BCUT2D eigenvalue weighted by atomic mass is 35.5. The van der Waals surface area contributed by atoms with E-state index in [0.29, 0.717) is 27.2 Å². The lowest BCUT2D eigenvalue weighted by atomic mass is 10.1. The van der Waals surface area contributed by atoms with Gasteiger partial charge in [0.1, 0.15) is 23.5 Å². The van der Waals surface area contributed by atoms with E-state index in [1.165, 1.54) is 0 Å². The zero-order valence-electron chi connectivity index (χ0n) is 13.9. The Hall–Kier alpha value is -0.860. The molecule has 2 aromatic rings. The van der Waals surface area contributed by atoms with Gasteiger partial charge in [-0.2, -0.15) is 0 Å². The highest BCUT2D eigenvalue weighted by Gasteiger charge is 2.56. The fraction of sp³-hybridized carbons (Fsp3) is 0.471. The lowest BCUT2D eigenvalue weighted by molar-refractivity contribution is -0.199. The van der Waals surface area contributed by atoms with E-state index in [1.807, 2.05) is 0 Å². The van der Waals surface area contributed by atoms with Gasteiger partial charge in [0, 0.05) is 5.39 Å². The topological polar surface area (TPSA) is 69.9 Å². The summed E-state index contributed by atoms with van der Waals surface area (Å²) in [6, 6.07) is 3.22. The van der Waals surface area contributed by atoms with Crippen molar-refractivity contribution >= 4 is 52.0 Å². The van der Waals surface area contributed by atoms with Crippen LogP contribution in [-0.2, 0) is 14.2 Å². The van der Waals surface area contributed by atoms with Crippen molar-refractivity contribution in [2.75, 3.05) is 6.61 Å². The van der Waals surface area contributed by atoms with Crippen LogP contribution in [0.4, 0.5) is 0 Å². The van der Waals surface area contributed by atoms with Gasteiger partial charge in [-0.15, -0.1) is 0 Å². The average Bonchev–Trinajstić information content (AvgIpc) is 3.14. The maximum absolute atomic E-state index is 11.6. The molecule has 3 heterocycles. The number of aromatic nitrogens is 1. The van der Waals surface area contributed by atoms with Gasteiger partial charge in [0.05, 0.1) is 27.7 Å². The molecular weight excluding hydrogens is 405 g/mol. The minimum atomic E-state index is -0.825. The molecule has 140 valence electrons. The van der Waals surface area contributed by atoms with Gasteiger partial charge in [0.25, 0.3) is 0 Å². The number of ether oxygens (including phenoxy) is 3. The van der Waals surface area contributed by atoms with Gasteiger partial charge in [-0.1, -0.05) is 34.8 Å². The summed E-state index contributed by atoms with van der Waals surface area (Å²) in [7, 11) is 0. The van der Waals surface area contributed by atoms with Crippen molar-refractivity contribution in [1.29, 1.82) is 0 Å². The fourth-order valence-electron chi connectivity index (χ4n) is 3.67. The molecule has 0 amide bonds. The van der Waals surface area contributed by atoms with Crippen molar-refractivity contribution in [3.05, 3.63) is 32.9 Å². The Morgan fingerprint density at radius 3 is 2.50 bits per heavy atom. The first-order valence-electron chi connectivity index (χ1n) is 8.03. The SMILES string of the molecule is CC1(C)O[C@@H]2[C@H](O1)[C@@H](CO)O[C@H]2n1c(Cl)c(C=O)c2cc(Cl)c(Cl)cc21. The van der Waals surface area contributed by atoms with Crippen molar-refractivity contribution < 1.29 is 24.1 Å². The van der Waals surface area contributed by atoms with E-state index in [2.05, 4.69) is 0 Å².